The molecule has 0 aliphatic carbocycles. The number of methoxy groups -OCH3 is 2. The molecular formula is C24H26N4O3S. The lowest BCUT2D eigenvalue weighted by molar-refractivity contribution is -0.120. The highest BCUT2D eigenvalue weighted by Gasteiger charge is 2.28. The summed E-state index contributed by atoms with van der Waals surface area (Å²) in [5.41, 5.74) is 0.685. The van der Waals surface area contributed by atoms with Gasteiger partial charge in [0.15, 0.2) is 17.3 Å². The van der Waals surface area contributed by atoms with E-state index in [1.54, 1.807) is 50.5 Å². The molecule has 1 saturated heterocycles. The van der Waals surface area contributed by atoms with Crippen molar-refractivity contribution in [2.45, 2.75) is 22.8 Å². The molecule has 1 aromatic heterocycles. The van der Waals surface area contributed by atoms with Crippen LogP contribution in [0.15, 0.2) is 70.8 Å². The summed E-state index contributed by atoms with van der Waals surface area (Å²) in [7, 11) is 3.16. The number of benzene rings is 2. The average molecular weight is 451 g/mol. The Morgan fingerprint density at radius 1 is 1.06 bits per heavy atom. The van der Waals surface area contributed by atoms with Gasteiger partial charge in [0, 0.05) is 42.1 Å². The van der Waals surface area contributed by atoms with Crippen LogP contribution in [0.1, 0.15) is 12.8 Å². The lowest BCUT2D eigenvalue weighted by Crippen LogP contribution is -2.41. The summed E-state index contributed by atoms with van der Waals surface area (Å²) in [5, 5.41) is 3.87. The molecule has 166 valence electrons. The van der Waals surface area contributed by atoms with Gasteiger partial charge in [-0.2, -0.15) is 0 Å². The predicted molar refractivity (Wildman–Crippen MR) is 126 cm³/mol. The zero-order valence-electron chi connectivity index (χ0n) is 18.2. The molecule has 1 amide bonds. The Balaban J connectivity index is 1.46. The van der Waals surface area contributed by atoms with Gasteiger partial charge in [0.05, 0.1) is 20.1 Å². The number of ether oxygens (including phenoxy) is 2. The van der Waals surface area contributed by atoms with E-state index in [-0.39, 0.29) is 11.8 Å². The van der Waals surface area contributed by atoms with Crippen molar-refractivity contribution in [3.8, 4) is 11.5 Å². The molecule has 0 bridgehead atoms. The Labute approximate surface area is 192 Å². The van der Waals surface area contributed by atoms with E-state index >= 15 is 0 Å². The first-order valence-electron chi connectivity index (χ1n) is 10.5. The third-order valence-corrected chi connectivity index (χ3v) is 6.34. The van der Waals surface area contributed by atoms with E-state index in [2.05, 4.69) is 32.3 Å². The zero-order valence-corrected chi connectivity index (χ0v) is 19.0. The van der Waals surface area contributed by atoms with Gasteiger partial charge in [-0.15, -0.1) is 0 Å². The fraction of sp³-hybridized carbons (Fsp3) is 0.292. The number of nitrogens with zero attached hydrogens (tertiary/aromatic N) is 3. The van der Waals surface area contributed by atoms with Crippen LogP contribution in [0, 0.1) is 5.92 Å². The Morgan fingerprint density at radius 2 is 1.84 bits per heavy atom. The molecule has 1 fully saturated rings. The molecule has 0 spiro atoms. The maximum absolute atomic E-state index is 13.0. The van der Waals surface area contributed by atoms with Crippen LogP contribution in [0.4, 0.5) is 11.5 Å². The van der Waals surface area contributed by atoms with E-state index in [1.165, 1.54) is 0 Å². The number of nitrogens with one attached hydrogen (secondary N) is 1. The van der Waals surface area contributed by atoms with Gasteiger partial charge in [-0.3, -0.25) is 4.79 Å². The summed E-state index contributed by atoms with van der Waals surface area (Å²) >= 11 is 1.59. The van der Waals surface area contributed by atoms with Crippen molar-refractivity contribution in [1.29, 1.82) is 0 Å². The number of carbonyl (C=O) groups is 1. The molecular weight excluding hydrogens is 424 g/mol. The minimum atomic E-state index is -0.145. The van der Waals surface area contributed by atoms with Gasteiger partial charge in [0.2, 0.25) is 5.91 Å². The number of aromatic nitrogens is 2. The van der Waals surface area contributed by atoms with Gasteiger partial charge in [0.25, 0.3) is 0 Å². The monoisotopic (exact) mass is 450 g/mol. The number of piperidine rings is 1. The van der Waals surface area contributed by atoms with E-state index in [0.29, 0.717) is 23.7 Å². The molecule has 1 unspecified atom stereocenters. The van der Waals surface area contributed by atoms with Crippen LogP contribution < -0.4 is 19.7 Å². The second kappa shape index (κ2) is 10.4. The summed E-state index contributed by atoms with van der Waals surface area (Å²) in [6.45, 7) is 1.45. The predicted octanol–water partition coefficient (Wildman–Crippen LogP) is 4.50. The molecule has 1 aliphatic rings. The van der Waals surface area contributed by atoms with Crippen LogP contribution in [-0.4, -0.2) is 43.2 Å². The van der Waals surface area contributed by atoms with Gasteiger partial charge >= 0.3 is 0 Å². The first-order valence-corrected chi connectivity index (χ1v) is 11.3. The van der Waals surface area contributed by atoms with Crippen LogP contribution in [0.5, 0.6) is 11.5 Å². The van der Waals surface area contributed by atoms with E-state index in [4.69, 9.17) is 9.47 Å². The first-order chi connectivity index (χ1) is 15.7. The Kier molecular flexibility index (Phi) is 7.11. The van der Waals surface area contributed by atoms with Crippen LogP contribution in [0.25, 0.3) is 0 Å². The smallest absolute Gasteiger partial charge is 0.229 e. The van der Waals surface area contributed by atoms with E-state index < -0.39 is 0 Å². The molecule has 4 rings (SSSR count). The van der Waals surface area contributed by atoms with E-state index in [0.717, 1.165) is 35.1 Å². The van der Waals surface area contributed by atoms with Crippen LogP contribution in [-0.2, 0) is 4.79 Å². The molecule has 1 N–H and O–H groups in total. The fourth-order valence-electron chi connectivity index (χ4n) is 3.75. The molecule has 2 heterocycles. The standard InChI is InChI=1S/C24H26N4O3S/c1-30-20-11-10-18(15-21(20)31-2)27-23(29)17-7-6-14-28(16-17)22-24(26-13-12-25-22)32-19-8-4-3-5-9-19/h3-5,8-13,15,17H,6-7,14,16H2,1-2H3,(H,27,29). The molecule has 1 aliphatic heterocycles. The van der Waals surface area contributed by atoms with Crippen molar-refractivity contribution in [2.24, 2.45) is 5.92 Å². The van der Waals surface area contributed by atoms with Gasteiger partial charge in [0.1, 0.15) is 5.03 Å². The molecule has 8 heteroatoms. The minimum Gasteiger partial charge on any atom is -0.493 e. The molecule has 1 atom stereocenters. The summed E-state index contributed by atoms with van der Waals surface area (Å²) in [6.07, 6.45) is 5.16. The third-order valence-electron chi connectivity index (χ3n) is 5.35. The molecule has 7 nitrogen and oxygen atoms in total. The normalized spacial score (nSPS) is 15.8. The third kappa shape index (κ3) is 5.13. The van der Waals surface area contributed by atoms with Gasteiger partial charge in [-0.05, 0) is 37.1 Å². The van der Waals surface area contributed by atoms with Crippen molar-refractivity contribution in [1.82, 2.24) is 9.97 Å². The molecule has 32 heavy (non-hydrogen) atoms. The molecule has 0 radical (unpaired) electrons. The largest absolute Gasteiger partial charge is 0.493 e. The van der Waals surface area contributed by atoms with Crippen LogP contribution >= 0.6 is 11.8 Å². The number of rotatable bonds is 7. The fourth-order valence-corrected chi connectivity index (χ4v) is 4.65. The Hall–Kier alpha value is -3.26. The molecule has 3 aromatic rings. The van der Waals surface area contributed by atoms with E-state index in [9.17, 15) is 4.79 Å². The zero-order chi connectivity index (χ0) is 22.3. The summed E-state index contributed by atoms with van der Waals surface area (Å²) in [5.74, 6) is 1.87. The quantitative estimate of drug-likeness (QED) is 0.568. The molecule has 2 aromatic carbocycles. The Morgan fingerprint density at radius 3 is 2.62 bits per heavy atom. The number of amides is 1. The van der Waals surface area contributed by atoms with Crippen LogP contribution in [0.3, 0.4) is 0 Å². The Bertz CT molecular complexity index is 1060. The lowest BCUT2D eigenvalue weighted by atomic mass is 9.97. The number of hydrogen-bond donors (Lipinski definition) is 1. The number of hydrogen-bond acceptors (Lipinski definition) is 7. The maximum Gasteiger partial charge on any atom is 0.229 e. The highest BCUT2D eigenvalue weighted by Crippen LogP contribution is 2.34. The topological polar surface area (TPSA) is 76.6 Å². The molecule has 0 saturated carbocycles. The average Bonchev–Trinajstić information content (AvgIpc) is 2.85. The van der Waals surface area contributed by atoms with Crippen molar-refractivity contribution < 1.29 is 14.3 Å². The first kappa shape index (κ1) is 22.0. The lowest BCUT2D eigenvalue weighted by Gasteiger charge is -2.33. The summed E-state index contributed by atoms with van der Waals surface area (Å²) < 4.78 is 10.6. The van der Waals surface area contributed by atoms with Crippen LogP contribution in [0.2, 0.25) is 0 Å². The maximum atomic E-state index is 13.0. The van der Waals surface area contributed by atoms with Crippen molar-refractivity contribution >= 4 is 29.2 Å². The van der Waals surface area contributed by atoms with Gasteiger partial charge in [-0.25, -0.2) is 9.97 Å². The second-order valence-corrected chi connectivity index (χ2v) is 8.51. The van der Waals surface area contributed by atoms with Gasteiger partial charge < -0.3 is 19.7 Å². The number of anilines is 2. The van der Waals surface area contributed by atoms with E-state index in [1.807, 2.05) is 24.3 Å². The summed E-state index contributed by atoms with van der Waals surface area (Å²) in [4.78, 5) is 25.4. The number of carbonyl (C=O) groups excluding carboxylic acids is 1. The second-order valence-electron chi connectivity index (χ2n) is 7.44. The van der Waals surface area contributed by atoms with Crippen molar-refractivity contribution in [3.63, 3.8) is 0 Å². The SMILES string of the molecule is COc1ccc(NC(=O)C2CCCN(c3nccnc3Sc3ccccc3)C2)cc1OC. The van der Waals surface area contributed by atoms with Crippen molar-refractivity contribution in [3.05, 3.63) is 60.9 Å². The highest BCUT2D eigenvalue weighted by molar-refractivity contribution is 7.99. The highest BCUT2D eigenvalue weighted by atomic mass is 32.2. The van der Waals surface area contributed by atoms with Crippen molar-refractivity contribution in [2.75, 3.05) is 37.5 Å². The summed E-state index contributed by atoms with van der Waals surface area (Å²) in [6, 6.07) is 15.5. The van der Waals surface area contributed by atoms with Gasteiger partial charge in [-0.1, -0.05) is 30.0 Å². The minimum absolute atomic E-state index is 0.0110.